The van der Waals surface area contributed by atoms with Gasteiger partial charge in [0.25, 0.3) is 0 Å². The van der Waals surface area contributed by atoms with Crippen molar-refractivity contribution in [2.24, 2.45) is 7.05 Å². The van der Waals surface area contributed by atoms with E-state index in [9.17, 15) is 9.59 Å². The minimum absolute atomic E-state index is 0.0187. The molecule has 1 rings (SSSR count). The van der Waals surface area contributed by atoms with Gasteiger partial charge >= 0.3 is 0 Å². The van der Waals surface area contributed by atoms with Crippen LogP contribution in [0.5, 0.6) is 0 Å². The van der Waals surface area contributed by atoms with Gasteiger partial charge in [0.05, 0.1) is 6.20 Å². The van der Waals surface area contributed by atoms with Crippen molar-refractivity contribution in [3.63, 3.8) is 0 Å². The number of amides is 1. The van der Waals surface area contributed by atoms with E-state index in [1.807, 2.05) is 0 Å². The largest absolute Gasteiger partial charge is 0.311 e. The number of aryl methyl sites for hydroxylation is 1. The molecule has 1 heterocycles. The molecule has 1 aromatic rings. The summed E-state index contributed by atoms with van der Waals surface area (Å²) in [5, 5.41) is 6.55. The van der Waals surface area contributed by atoms with Crippen LogP contribution in [0.15, 0.2) is 12.3 Å². The summed E-state index contributed by atoms with van der Waals surface area (Å²) in [6, 6.07) is 1.70. The van der Waals surface area contributed by atoms with Gasteiger partial charge < -0.3 is 10.1 Å². The summed E-state index contributed by atoms with van der Waals surface area (Å²) in [6.45, 7) is 1.47. The third-order valence-corrected chi connectivity index (χ3v) is 1.79. The van der Waals surface area contributed by atoms with Crippen LogP contribution in [0.1, 0.15) is 19.8 Å². The Bertz CT molecular complexity index is 344. The number of carbonyl (C=O) groups excluding carboxylic acids is 2. The quantitative estimate of drug-likeness (QED) is 0.770. The third-order valence-electron chi connectivity index (χ3n) is 1.79. The predicted molar refractivity (Wildman–Crippen MR) is 51.8 cm³/mol. The monoisotopic (exact) mass is 195 g/mol. The Hall–Kier alpha value is -1.65. The number of ketones is 1. The van der Waals surface area contributed by atoms with Gasteiger partial charge in [0.2, 0.25) is 5.91 Å². The smallest absolute Gasteiger partial charge is 0.225 e. The first-order valence-electron chi connectivity index (χ1n) is 4.37. The molecule has 0 aliphatic rings. The van der Waals surface area contributed by atoms with Gasteiger partial charge in [-0.3, -0.25) is 9.48 Å². The first kappa shape index (κ1) is 10.4. The Labute approximate surface area is 82.1 Å². The fraction of sp³-hybridized carbons (Fsp3) is 0.444. The first-order chi connectivity index (χ1) is 6.59. The van der Waals surface area contributed by atoms with Crippen molar-refractivity contribution < 1.29 is 9.59 Å². The number of nitrogens with one attached hydrogen (secondary N) is 1. The number of anilines is 1. The molecule has 5 heteroatoms. The molecule has 0 saturated heterocycles. The zero-order chi connectivity index (χ0) is 10.6. The van der Waals surface area contributed by atoms with Gasteiger partial charge in [0.1, 0.15) is 11.6 Å². The van der Waals surface area contributed by atoms with Crippen LogP contribution in [0.25, 0.3) is 0 Å². The highest BCUT2D eigenvalue weighted by atomic mass is 16.2. The summed E-state index contributed by atoms with van der Waals surface area (Å²) in [5.41, 5.74) is 0. The molecule has 0 aromatic carbocycles. The van der Waals surface area contributed by atoms with Crippen LogP contribution in [0, 0.1) is 0 Å². The number of carbonyl (C=O) groups is 2. The maximum absolute atomic E-state index is 11.3. The minimum Gasteiger partial charge on any atom is -0.311 e. The number of Topliss-reactive ketones (excluding diaryl/α,β-unsaturated/α-hetero) is 1. The van der Waals surface area contributed by atoms with Crippen molar-refractivity contribution in [1.29, 1.82) is 0 Å². The molecular formula is C9H13N3O2. The van der Waals surface area contributed by atoms with Crippen molar-refractivity contribution in [3.8, 4) is 0 Å². The lowest BCUT2D eigenvalue weighted by molar-refractivity contribution is -0.121. The molecule has 1 aromatic heterocycles. The maximum atomic E-state index is 11.3. The summed E-state index contributed by atoms with van der Waals surface area (Å²) in [5.74, 6) is 0.493. The van der Waals surface area contributed by atoms with Gasteiger partial charge in [-0.1, -0.05) is 0 Å². The van der Waals surface area contributed by atoms with Crippen LogP contribution in [0.2, 0.25) is 0 Å². The van der Waals surface area contributed by atoms with E-state index in [-0.39, 0.29) is 24.5 Å². The van der Waals surface area contributed by atoms with E-state index in [1.54, 1.807) is 24.0 Å². The molecular weight excluding hydrogens is 182 g/mol. The summed E-state index contributed by atoms with van der Waals surface area (Å²) >= 11 is 0. The zero-order valence-electron chi connectivity index (χ0n) is 8.28. The van der Waals surface area contributed by atoms with Crippen LogP contribution in [-0.2, 0) is 16.6 Å². The number of hydrogen-bond donors (Lipinski definition) is 1. The number of nitrogens with zero attached hydrogens (tertiary/aromatic N) is 2. The highest BCUT2D eigenvalue weighted by Gasteiger charge is 2.05. The number of hydrogen-bond acceptors (Lipinski definition) is 3. The van der Waals surface area contributed by atoms with E-state index < -0.39 is 0 Å². The Morgan fingerprint density at radius 1 is 1.50 bits per heavy atom. The topological polar surface area (TPSA) is 64.0 Å². The SMILES string of the molecule is CC(=O)CCC(=O)Nc1ccnn1C. The molecule has 0 spiro atoms. The van der Waals surface area contributed by atoms with Crippen molar-refractivity contribution in [2.45, 2.75) is 19.8 Å². The molecule has 0 aliphatic heterocycles. The second kappa shape index (κ2) is 4.55. The molecule has 0 bridgehead atoms. The molecule has 0 radical (unpaired) electrons. The fourth-order valence-corrected chi connectivity index (χ4v) is 0.991. The molecule has 0 unspecified atom stereocenters. The number of aromatic nitrogens is 2. The van der Waals surface area contributed by atoms with Crippen LogP contribution in [-0.4, -0.2) is 21.5 Å². The normalized spacial score (nSPS) is 9.86. The summed E-state index contributed by atoms with van der Waals surface area (Å²) in [6.07, 6.45) is 2.10. The highest BCUT2D eigenvalue weighted by Crippen LogP contribution is 2.04. The van der Waals surface area contributed by atoms with Gasteiger partial charge in [0, 0.05) is 26.0 Å². The van der Waals surface area contributed by atoms with Gasteiger partial charge in [-0.15, -0.1) is 0 Å². The highest BCUT2D eigenvalue weighted by molar-refractivity contribution is 5.92. The van der Waals surface area contributed by atoms with Crippen LogP contribution >= 0.6 is 0 Å². The van der Waals surface area contributed by atoms with Crippen LogP contribution in [0.4, 0.5) is 5.82 Å². The van der Waals surface area contributed by atoms with Crippen molar-refractivity contribution in [1.82, 2.24) is 9.78 Å². The Balaban J connectivity index is 2.42. The Morgan fingerprint density at radius 3 is 2.71 bits per heavy atom. The lowest BCUT2D eigenvalue weighted by Gasteiger charge is -2.03. The Morgan fingerprint density at radius 2 is 2.21 bits per heavy atom. The Kier molecular flexibility index (Phi) is 3.39. The van der Waals surface area contributed by atoms with Gasteiger partial charge in [-0.05, 0) is 6.92 Å². The first-order valence-corrected chi connectivity index (χ1v) is 4.37. The zero-order valence-corrected chi connectivity index (χ0v) is 8.28. The fourth-order valence-electron chi connectivity index (χ4n) is 0.991. The average molecular weight is 195 g/mol. The second-order valence-electron chi connectivity index (χ2n) is 3.09. The average Bonchev–Trinajstić information content (AvgIpc) is 2.49. The molecule has 5 nitrogen and oxygen atoms in total. The molecule has 0 aliphatic carbocycles. The van der Waals surface area contributed by atoms with E-state index in [2.05, 4.69) is 10.4 Å². The molecule has 0 saturated carbocycles. The molecule has 0 atom stereocenters. The van der Waals surface area contributed by atoms with E-state index in [4.69, 9.17) is 0 Å². The summed E-state index contributed by atoms with van der Waals surface area (Å²) < 4.78 is 1.56. The molecule has 0 fully saturated rings. The molecule has 76 valence electrons. The standard InChI is InChI=1S/C9H13N3O2/c1-7(13)3-4-9(14)11-8-5-6-10-12(8)2/h5-6H,3-4H2,1-2H3,(H,11,14). The molecule has 14 heavy (non-hydrogen) atoms. The van der Waals surface area contributed by atoms with E-state index in [1.165, 1.54) is 6.92 Å². The third kappa shape index (κ3) is 3.01. The predicted octanol–water partition coefficient (Wildman–Crippen LogP) is 0.728. The lowest BCUT2D eigenvalue weighted by atomic mass is 10.2. The van der Waals surface area contributed by atoms with Gasteiger partial charge in [0.15, 0.2) is 0 Å². The minimum atomic E-state index is -0.163. The van der Waals surface area contributed by atoms with Crippen molar-refractivity contribution in [3.05, 3.63) is 12.3 Å². The second-order valence-corrected chi connectivity index (χ2v) is 3.09. The number of rotatable bonds is 4. The molecule has 1 amide bonds. The van der Waals surface area contributed by atoms with E-state index in [0.717, 1.165) is 0 Å². The maximum Gasteiger partial charge on any atom is 0.225 e. The van der Waals surface area contributed by atoms with Crippen LogP contribution in [0.3, 0.4) is 0 Å². The van der Waals surface area contributed by atoms with Crippen molar-refractivity contribution in [2.75, 3.05) is 5.32 Å². The van der Waals surface area contributed by atoms with E-state index in [0.29, 0.717) is 5.82 Å². The van der Waals surface area contributed by atoms with Crippen LogP contribution < -0.4 is 5.32 Å². The summed E-state index contributed by atoms with van der Waals surface area (Å²) in [7, 11) is 1.74. The van der Waals surface area contributed by atoms with Gasteiger partial charge in [-0.2, -0.15) is 5.10 Å². The lowest BCUT2D eigenvalue weighted by Crippen LogP contribution is -2.14. The molecule has 1 N–H and O–H groups in total. The van der Waals surface area contributed by atoms with E-state index >= 15 is 0 Å². The van der Waals surface area contributed by atoms with Gasteiger partial charge in [-0.25, -0.2) is 0 Å². The van der Waals surface area contributed by atoms with Crippen molar-refractivity contribution >= 4 is 17.5 Å². The summed E-state index contributed by atoms with van der Waals surface area (Å²) in [4.78, 5) is 21.9.